The van der Waals surface area contributed by atoms with Crippen LogP contribution in [-0.4, -0.2) is 11.9 Å². The van der Waals surface area contributed by atoms with Crippen LogP contribution in [0.5, 0.6) is 0 Å². The number of rotatable bonds is 7. The van der Waals surface area contributed by atoms with Crippen LogP contribution in [0.1, 0.15) is 35.1 Å². The Morgan fingerprint density at radius 2 is 1.15 bits per heavy atom. The summed E-state index contributed by atoms with van der Waals surface area (Å²) in [6, 6.07) is 10.7. The Kier molecular flexibility index (Phi) is 7.49. The molecule has 0 aliphatic carbocycles. The van der Waals surface area contributed by atoms with E-state index in [0.717, 1.165) is 22.3 Å². The van der Waals surface area contributed by atoms with Crippen molar-refractivity contribution in [3.63, 3.8) is 0 Å². The second-order valence-corrected chi connectivity index (χ2v) is 6.84. The lowest BCUT2D eigenvalue weighted by Gasteiger charge is -2.09. The third-order valence-electron chi connectivity index (χ3n) is 3.92. The molecule has 2 rings (SSSR count). The molecule has 0 heterocycles. The van der Waals surface area contributed by atoms with Gasteiger partial charge in [0.15, 0.2) is 0 Å². The smallest absolute Gasteiger partial charge is 0.306 e. The Hall–Kier alpha value is -2.04. The third kappa shape index (κ3) is 6.36. The Labute approximate surface area is 163 Å². The van der Waals surface area contributed by atoms with E-state index in [1.54, 1.807) is 24.3 Å². The highest BCUT2D eigenvalue weighted by Crippen LogP contribution is 2.17. The van der Waals surface area contributed by atoms with Crippen LogP contribution in [0.2, 0.25) is 10.0 Å². The highest BCUT2D eigenvalue weighted by Gasteiger charge is 2.11. The van der Waals surface area contributed by atoms with Gasteiger partial charge in [-0.05, 0) is 60.4 Å². The van der Waals surface area contributed by atoms with Gasteiger partial charge in [-0.1, -0.05) is 35.3 Å². The molecular weight excluding hydrogens is 375 g/mol. The summed E-state index contributed by atoms with van der Waals surface area (Å²) < 4.78 is 10.4. The van der Waals surface area contributed by atoms with Crippen LogP contribution < -0.4 is 0 Å². The van der Waals surface area contributed by atoms with Crippen LogP contribution in [-0.2, 0) is 32.3 Å². The van der Waals surface area contributed by atoms with E-state index in [2.05, 4.69) is 0 Å². The van der Waals surface area contributed by atoms with Gasteiger partial charge in [0.05, 0.1) is 12.8 Å². The van der Waals surface area contributed by atoms with Gasteiger partial charge in [0.1, 0.15) is 13.2 Å². The molecule has 0 spiro atoms. The monoisotopic (exact) mass is 394 g/mol. The summed E-state index contributed by atoms with van der Waals surface area (Å²) in [4.78, 5) is 23.6. The Morgan fingerprint density at radius 1 is 0.769 bits per heavy atom. The molecule has 0 saturated heterocycles. The lowest BCUT2D eigenvalue weighted by molar-refractivity contribution is -0.151. The Morgan fingerprint density at radius 3 is 1.50 bits per heavy atom. The van der Waals surface area contributed by atoms with Gasteiger partial charge in [0.2, 0.25) is 0 Å². The Bertz CT molecular complexity index is 735. The van der Waals surface area contributed by atoms with Gasteiger partial charge in [0.25, 0.3) is 0 Å². The average Bonchev–Trinajstić information content (AvgIpc) is 2.58. The maximum absolute atomic E-state index is 11.8. The molecule has 0 amide bonds. The molecular formula is C20H20Cl2O4. The first-order chi connectivity index (χ1) is 12.3. The quantitative estimate of drug-likeness (QED) is 0.607. The minimum Gasteiger partial charge on any atom is -0.461 e. The number of hydrogen-bond donors (Lipinski definition) is 0. The Balaban J connectivity index is 1.72. The highest BCUT2D eigenvalue weighted by atomic mass is 35.5. The molecule has 4 nitrogen and oxygen atoms in total. The number of aryl methyl sites for hydroxylation is 2. The first-order valence-corrected chi connectivity index (χ1v) is 8.92. The molecule has 0 N–H and O–H groups in total. The number of ether oxygens (including phenoxy) is 2. The van der Waals surface area contributed by atoms with Gasteiger partial charge in [-0.3, -0.25) is 9.59 Å². The van der Waals surface area contributed by atoms with Crippen molar-refractivity contribution < 1.29 is 19.1 Å². The first kappa shape index (κ1) is 20.3. The van der Waals surface area contributed by atoms with E-state index in [1.165, 1.54) is 0 Å². The van der Waals surface area contributed by atoms with E-state index in [-0.39, 0.29) is 26.1 Å². The van der Waals surface area contributed by atoms with Gasteiger partial charge in [-0.15, -0.1) is 0 Å². The zero-order valence-electron chi connectivity index (χ0n) is 14.7. The summed E-state index contributed by atoms with van der Waals surface area (Å²) in [5, 5.41) is 1.27. The minimum atomic E-state index is -0.445. The SMILES string of the molecule is Cc1cc(Cl)ccc1COC(=O)CCC(=O)OCc1ccc(Cl)cc1C. The van der Waals surface area contributed by atoms with Crippen LogP contribution >= 0.6 is 23.2 Å². The minimum absolute atomic E-state index is 0.0227. The maximum Gasteiger partial charge on any atom is 0.306 e. The van der Waals surface area contributed by atoms with Gasteiger partial charge in [-0.25, -0.2) is 0 Å². The normalized spacial score (nSPS) is 10.5. The predicted octanol–water partition coefficient (Wildman–Crippen LogP) is 5.18. The van der Waals surface area contributed by atoms with Crippen molar-refractivity contribution in [2.24, 2.45) is 0 Å². The second-order valence-electron chi connectivity index (χ2n) is 5.96. The van der Waals surface area contributed by atoms with Gasteiger partial charge >= 0.3 is 11.9 Å². The fourth-order valence-corrected chi connectivity index (χ4v) is 2.76. The number of halogens is 2. The summed E-state index contributed by atoms with van der Waals surface area (Å²) in [5.74, 6) is -0.891. The zero-order chi connectivity index (χ0) is 19.1. The molecule has 0 aliphatic rings. The van der Waals surface area contributed by atoms with Crippen LogP contribution in [0.25, 0.3) is 0 Å². The van der Waals surface area contributed by atoms with E-state index in [1.807, 2.05) is 26.0 Å². The fraction of sp³-hybridized carbons (Fsp3) is 0.300. The number of carbonyl (C=O) groups excluding carboxylic acids is 2. The summed E-state index contributed by atoms with van der Waals surface area (Å²) in [6.07, 6.45) is -0.0455. The lowest BCUT2D eigenvalue weighted by atomic mass is 10.1. The first-order valence-electron chi connectivity index (χ1n) is 8.16. The summed E-state index contributed by atoms with van der Waals surface area (Å²) >= 11 is 11.8. The molecule has 2 aromatic carbocycles. The second kappa shape index (κ2) is 9.60. The van der Waals surface area contributed by atoms with Crippen molar-refractivity contribution >= 4 is 35.1 Å². The third-order valence-corrected chi connectivity index (χ3v) is 4.39. The van der Waals surface area contributed by atoms with Crippen molar-refractivity contribution in [3.05, 3.63) is 68.7 Å². The zero-order valence-corrected chi connectivity index (χ0v) is 16.2. The summed E-state index contributed by atoms with van der Waals surface area (Å²) in [6.45, 7) is 4.10. The predicted molar refractivity (Wildman–Crippen MR) is 101 cm³/mol. The topological polar surface area (TPSA) is 52.6 Å². The molecule has 0 aliphatic heterocycles. The standard InChI is InChI=1S/C20H20Cl2O4/c1-13-9-17(21)5-3-15(13)11-25-19(23)7-8-20(24)26-12-16-4-6-18(22)10-14(16)2/h3-6,9-10H,7-8,11-12H2,1-2H3. The van der Waals surface area contributed by atoms with Crippen molar-refractivity contribution in [2.75, 3.05) is 0 Å². The molecule has 0 saturated carbocycles. The molecule has 0 fully saturated rings. The van der Waals surface area contributed by atoms with E-state index in [0.29, 0.717) is 10.0 Å². The summed E-state index contributed by atoms with van der Waals surface area (Å²) in [7, 11) is 0. The van der Waals surface area contributed by atoms with Gasteiger partial charge < -0.3 is 9.47 Å². The van der Waals surface area contributed by atoms with Crippen molar-refractivity contribution in [3.8, 4) is 0 Å². The van der Waals surface area contributed by atoms with Crippen molar-refractivity contribution in [1.82, 2.24) is 0 Å². The van der Waals surface area contributed by atoms with Crippen molar-refractivity contribution in [1.29, 1.82) is 0 Å². The largest absolute Gasteiger partial charge is 0.461 e. The van der Waals surface area contributed by atoms with E-state index < -0.39 is 11.9 Å². The number of esters is 2. The van der Waals surface area contributed by atoms with E-state index >= 15 is 0 Å². The van der Waals surface area contributed by atoms with Crippen LogP contribution in [0.15, 0.2) is 36.4 Å². The fourth-order valence-electron chi connectivity index (χ4n) is 2.31. The molecule has 0 radical (unpaired) electrons. The van der Waals surface area contributed by atoms with Crippen LogP contribution in [0.4, 0.5) is 0 Å². The molecule has 2 aromatic rings. The maximum atomic E-state index is 11.8. The average molecular weight is 395 g/mol. The molecule has 26 heavy (non-hydrogen) atoms. The van der Waals surface area contributed by atoms with E-state index in [9.17, 15) is 9.59 Å². The molecule has 0 aromatic heterocycles. The molecule has 138 valence electrons. The molecule has 0 bridgehead atoms. The van der Waals surface area contributed by atoms with Crippen LogP contribution in [0, 0.1) is 13.8 Å². The molecule has 0 unspecified atom stereocenters. The molecule has 6 heteroatoms. The number of benzene rings is 2. The number of hydrogen-bond acceptors (Lipinski definition) is 4. The van der Waals surface area contributed by atoms with E-state index in [4.69, 9.17) is 32.7 Å². The molecule has 0 atom stereocenters. The van der Waals surface area contributed by atoms with Crippen LogP contribution in [0.3, 0.4) is 0 Å². The van der Waals surface area contributed by atoms with Crippen molar-refractivity contribution in [2.45, 2.75) is 39.9 Å². The lowest BCUT2D eigenvalue weighted by Crippen LogP contribution is -2.11. The summed E-state index contributed by atoms with van der Waals surface area (Å²) in [5.41, 5.74) is 3.65. The number of carbonyl (C=O) groups is 2. The van der Waals surface area contributed by atoms with Gasteiger partial charge in [0, 0.05) is 10.0 Å². The van der Waals surface area contributed by atoms with Gasteiger partial charge in [-0.2, -0.15) is 0 Å². The highest BCUT2D eigenvalue weighted by molar-refractivity contribution is 6.30.